The van der Waals surface area contributed by atoms with E-state index in [1.807, 2.05) is 0 Å². The van der Waals surface area contributed by atoms with Crippen LogP contribution >= 0.6 is 0 Å². The van der Waals surface area contributed by atoms with Crippen LogP contribution in [-0.4, -0.2) is 38.2 Å². The van der Waals surface area contributed by atoms with Crippen molar-refractivity contribution in [1.82, 2.24) is 14.6 Å². The molecule has 0 radical (unpaired) electrons. The first-order chi connectivity index (χ1) is 16.4. The number of nitro groups is 1. The SMILES string of the molecule is CCOC(=O)c1cn2ncnc(N)c2c1-c1ccc(NC(=O)Oc2ccc([N+](=O)[O-])cc2)cc1. The molecule has 4 aromatic rings. The molecule has 3 N–H and O–H groups in total. The first kappa shape index (κ1) is 22.2. The lowest BCUT2D eigenvalue weighted by atomic mass is 10.0. The van der Waals surface area contributed by atoms with Crippen LogP contribution in [0.1, 0.15) is 17.3 Å². The van der Waals surface area contributed by atoms with E-state index in [-0.39, 0.29) is 29.4 Å². The molecule has 4 rings (SSSR count). The molecule has 0 spiro atoms. The normalized spacial score (nSPS) is 10.6. The first-order valence-electron chi connectivity index (χ1n) is 10.00. The van der Waals surface area contributed by atoms with Gasteiger partial charge in [-0.15, -0.1) is 0 Å². The predicted octanol–water partition coefficient (Wildman–Crippen LogP) is 3.67. The summed E-state index contributed by atoms with van der Waals surface area (Å²) in [6, 6.07) is 11.7. The quantitative estimate of drug-likeness (QED) is 0.247. The second kappa shape index (κ2) is 9.24. The van der Waals surface area contributed by atoms with Crippen LogP contribution in [0.2, 0.25) is 0 Å². The number of carbonyl (C=O) groups excluding carboxylic acids is 2. The molecule has 0 saturated carbocycles. The van der Waals surface area contributed by atoms with Gasteiger partial charge in [-0.25, -0.2) is 19.1 Å². The molecule has 2 aromatic heterocycles. The summed E-state index contributed by atoms with van der Waals surface area (Å²) in [4.78, 5) is 38.9. The Balaban J connectivity index is 1.57. The molecule has 0 unspecified atom stereocenters. The van der Waals surface area contributed by atoms with Crippen LogP contribution in [0.4, 0.5) is 22.0 Å². The van der Waals surface area contributed by atoms with Gasteiger partial charge in [-0.3, -0.25) is 15.4 Å². The van der Waals surface area contributed by atoms with Gasteiger partial charge < -0.3 is 15.2 Å². The van der Waals surface area contributed by atoms with E-state index in [2.05, 4.69) is 15.4 Å². The van der Waals surface area contributed by atoms with Crippen molar-refractivity contribution in [2.45, 2.75) is 6.92 Å². The number of carbonyl (C=O) groups is 2. The molecular weight excluding hydrogens is 444 g/mol. The van der Waals surface area contributed by atoms with Gasteiger partial charge in [0.2, 0.25) is 0 Å². The summed E-state index contributed by atoms with van der Waals surface area (Å²) >= 11 is 0. The number of amides is 1. The Morgan fingerprint density at radius 3 is 2.50 bits per heavy atom. The Hall–Kier alpha value is -5.00. The van der Waals surface area contributed by atoms with Crippen LogP contribution in [-0.2, 0) is 4.74 Å². The van der Waals surface area contributed by atoms with Gasteiger partial charge in [0.05, 0.1) is 17.1 Å². The number of nitrogen functional groups attached to an aromatic ring is 1. The summed E-state index contributed by atoms with van der Waals surface area (Å²) in [5.74, 6) is -0.194. The third kappa shape index (κ3) is 4.46. The fourth-order valence-electron chi connectivity index (χ4n) is 3.30. The van der Waals surface area contributed by atoms with E-state index in [0.717, 1.165) is 0 Å². The molecule has 2 aromatic carbocycles. The molecule has 0 bridgehead atoms. The Bertz CT molecular complexity index is 1380. The molecule has 1 amide bonds. The van der Waals surface area contributed by atoms with E-state index in [0.29, 0.717) is 22.3 Å². The molecule has 2 heterocycles. The van der Waals surface area contributed by atoms with Gasteiger partial charge in [-0.1, -0.05) is 12.1 Å². The maximum atomic E-state index is 12.5. The van der Waals surface area contributed by atoms with Crippen LogP contribution in [0, 0.1) is 10.1 Å². The highest BCUT2D eigenvalue weighted by atomic mass is 16.6. The van der Waals surface area contributed by atoms with E-state index < -0.39 is 17.0 Å². The van der Waals surface area contributed by atoms with Crippen LogP contribution in [0.5, 0.6) is 5.75 Å². The van der Waals surface area contributed by atoms with Gasteiger partial charge in [0.25, 0.3) is 5.69 Å². The van der Waals surface area contributed by atoms with E-state index in [1.165, 1.54) is 41.3 Å². The van der Waals surface area contributed by atoms with Crippen LogP contribution in [0.25, 0.3) is 16.6 Å². The second-order valence-electron chi connectivity index (χ2n) is 6.92. The third-order valence-electron chi connectivity index (χ3n) is 4.78. The van der Waals surface area contributed by atoms with Crippen molar-refractivity contribution in [3.63, 3.8) is 0 Å². The maximum Gasteiger partial charge on any atom is 0.417 e. The number of nitrogens with one attached hydrogen (secondary N) is 1. The molecule has 34 heavy (non-hydrogen) atoms. The summed E-state index contributed by atoms with van der Waals surface area (Å²) in [6.07, 6.45) is 2.03. The number of anilines is 2. The average molecular weight is 462 g/mol. The Morgan fingerprint density at radius 2 is 1.85 bits per heavy atom. The fourth-order valence-corrected chi connectivity index (χ4v) is 3.30. The molecule has 12 nitrogen and oxygen atoms in total. The Labute approximate surface area is 192 Å². The fraction of sp³-hybridized carbons (Fsp3) is 0.0909. The number of nitro benzene ring substituents is 1. The number of nitrogens with two attached hydrogens (primary N) is 1. The largest absolute Gasteiger partial charge is 0.462 e. The number of hydrogen-bond acceptors (Lipinski definition) is 9. The number of rotatable bonds is 6. The topological polar surface area (TPSA) is 164 Å². The van der Waals surface area contributed by atoms with Crippen molar-refractivity contribution < 1.29 is 24.0 Å². The van der Waals surface area contributed by atoms with Crippen LogP contribution in [0.3, 0.4) is 0 Å². The van der Waals surface area contributed by atoms with Crippen molar-refractivity contribution in [2.24, 2.45) is 0 Å². The zero-order valence-electron chi connectivity index (χ0n) is 17.8. The molecule has 0 saturated heterocycles. The standard InChI is InChI=1S/C22H18N6O6/c1-2-33-21(29)17-11-27-19(20(23)24-12-25-27)18(17)13-3-5-14(6-4-13)26-22(30)34-16-9-7-15(8-10-16)28(31)32/h3-12H,2H2,1H3,(H,26,30)(H2,23,24,25). The number of nitrogens with zero attached hydrogens (tertiary/aromatic N) is 4. The first-order valence-corrected chi connectivity index (χ1v) is 10.00. The summed E-state index contributed by atoms with van der Waals surface area (Å²) in [5.41, 5.74) is 8.19. The molecule has 0 atom stereocenters. The lowest BCUT2D eigenvalue weighted by Crippen LogP contribution is -2.16. The van der Waals surface area contributed by atoms with Gasteiger partial charge in [0.15, 0.2) is 5.82 Å². The van der Waals surface area contributed by atoms with Crippen molar-refractivity contribution in [2.75, 3.05) is 17.7 Å². The second-order valence-corrected chi connectivity index (χ2v) is 6.92. The number of hydrogen-bond donors (Lipinski definition) is 2. The van der Waals surface area contributed by atoms with Crippen molar-refractivity contribution in [1.29, 1.82) is 0 Å². The number of non-ortho nitro benzene ring substituents is 1. The minimum absolute atomic E-state index is 0.116. The van der Waals surface area contributed by atoms with Gasteiger partial charge >= 0.3 is 12.1 Å². The zero-order chi connectivity index (χ0) is 24.2. The van der Waals surface area contributed by atoms with E-state index in [4.69, 9.17) is 15.2 Å². The number of ether oxygens (including phenoxy) is 2. The summed E-state index contributed by atoms with van der Waals surface area (Å²) in [6.45, 7) is 1.91. The number of benzene rings is 2. The summed E-state index contributed by atoms with van der Waals surface area (Å²) in [5, 5.41) is 17.4. The predicted molar refractivity (Wildman–Crippen MR) is 122 cm³/mol. The summed E-state index contributed by atoms with van der Waals surface area (Å²) < 4.78 is 11.8. The number of fused-ring (bicyclic) bond motifs is 1. The highest BCUT2D eigenvalue weighted by Crippen LogP contribution is 2.33. The third-order valence-corrected chi connectivity index (χ3v) is 4.78. The molecule has 172 valence electrons. The molecule has 0 fully saturated rings. The van der Waals surface area contributed by atoms with Crippen molar-refractivity contribution in [3.8, 4) is 16.9 Å². The minimum Gasteiger partial charge on any atom is -0.462 e. The molecule has 0 aliphatic rings. The van der Waals surface area contributed by atoms with Crippen LogP contribution in [0.15, 0.2) is 61.1 Å². The Morgan fingerprint density at radius 1 is 1.15 bits per heavy atom. The highest BCUT2D eigenvalue weighted by Gasteiger charge is 2.22. The van der Waals surface area contributed by atoms with Crippen LogP contribution < -0.4 is 15.8 Å². The molecule has 12 heteroatoms. The maximum absolute atomic E-state index is 12.5. The average Bonchev–Trinajstić information content (AvgIpc) is 3.21. The molecule has 0 aliphatic carbocycles. The van der Waals surface area contributed by atoms with E-state index in [1.54, 1.807) is 31.2 Å². The highest BCUT2D eigenvalue weighted by molar-refractivity contribution is 6.05. The van der Waals surface area contributed by atoms with Crippen molar-refractivity contribution in [3.05, 3.63) is 76.7 Å². The van der Waals surface area contributed by atoms with Gasteiger partial charge in [0.1, 0.15) is 17.6 Å². The van der Waals surface area contributed by atoms with Crippen molar-refractivity contribution >= 4 is 34.8 Å². The number of aromatic nitrogens is 3. The smallest absolute Gasteiger partial charge is 0.417 e. The lowest BCUT2D eigenvalue weighted by Gasteiger charge is -2.09. The van der Waals surface area contributed by atoms with Gasteiger partial charge in [0, 0.05) is 29.6 Å². The van der Waals surface area contributed by atoms with E-state index >= 15 is 0 Å². The minimum atomic E-state index is -0.777. The molecular formula is C22H18N6O6. The monoisotopic (exact) mass is 462 g/mol. The Kier molecular flexibility index (Phi) is 6.03. The lowest BCUT2D eigenvalue weighted by molar-refractivity contribution is -0.384. The van der Waals surface area contributed by atoms with Gasteiger partial charge in [-0.05, 0) is 36.8 Å². The molecule has 0 aliphatic heterocycles. The zero-order valence-corrected chi connectivity index (χ0v) is 17.8. The summed E-state index contributed by atoms with van der Waals surface area (Å²) in [7, 11) is 0. The van der Waals surface area contributed by atoms with E-state index in [9.17, 15) is 19.7 Å². The number of esters is 1. The van der Waals surface area contributed by atoms with Gasteiger partial charge in [-0.2, -0.15) is 5.10 Å².